The largest absolute Gasteiger partial charge is 0.368 e. The van der Waals surface area contributed by atoms with Gasteiger partial charge in [-0.15, -0.1) is 0 Å². The van der Waals surface area contributed by atoms with Crippen molar-refractivity contribution in [2.45, 2.75) is 19.8 Å². The van der Waals surface area contributed by atoms with Gasteiger partial charge >= 0.3 is 0 Å². The first-order chi connectivity index (χ1) is 8.63. The Kier molecular flexibility index (Phi) is 3.78. The van der Waals surface area contributed by atoms with Crippen LogP contribution in [0.1, 0.15) is 25.3 Å². The minimum absolute atomic E-state index is 0.282. The predicted octanol–water partition coefficient (Wildman–Crippen LogP) is 1.49. The van der Waals surface area contributed by atoms with Gasteiger partial charge in [0, 0.05) is 6.54 Å². The van der Waals surface area contributed by atoms with Crippen molar-refractivity contribution in [3.05, 3.63) is 18.1 Å². The number of hydrogen-bond donors (Lipinski definition) is 1. The first-order valence-corrected chi connectivity index (χ1v) is 6.25. The van der Waals surface area contributed by atoms with Crippen LogP contribution >= 0.6 is 0 Å². The molecule has 0 bridgehead atoms. The third kappa shape index (κ3) is 2.96. The van der Waals surface area contributed by atoms with Crippen LogP contribution in [-0.2, 0) is 0 Å². The zero-order valence-electron chi connectivity index (χ0n) is 11.0. The number of nitrogens with zero attached hydrogens (tertiary/aromatic N) is 4. The summed E-state index contributed by atoms with van der Waals surface area (Å²) in [5.74, 6) is 0.646. The van der Waals surface area contributed by atoms with Crippen LogP contribution in [0.3, 0.4) is 0 Å². The number of anilines is 1. The first kappa shape index (κ1) is 12.8. The summed E-state index contributed by atoms with van der Waals surface area (Å²) in [6.07, 6.45) is 5.36. The van der Waals surface area contributed by atoms with Gasteiger partial charge in [0.2, 0.25) is 0 Å². The zero-order chi connectivity index (χ0) is 13.0. The molecule has 0 aliphatic carbocycles. The molecule has 0 unspecified atom stereocenters. The summed E-state index contributed by atoms with van der Waals surface area (Å²) < 4.78 is 0. The summed E-state index contributed by atoms with van der Waals surface area (Å²) in [6.45, 7) is 5.41. The SMILES string of the molecule is CN1CCC(C)(CNc2ncncc2C#N)CC1. The average Bonchev–Trinajstić information content (AvgIpc) is 2.41. The predicted molar refractivity (Wildman–Crippen MR) is 70.1 cm³/mol. The second kappa shape index (κ2) is 5.32. The lowest BCUT2D eigenvalue weighted by molar-refractivity contribution is 0.150. The van der Waals surface area contributed by atoms with Gasteiger partial charge in [-0.05, 0) is 38.4 Å². The molecule has 2 rings (SSSR count). The summed E-state index contributed by atoms with van der Waals surface area (Å²) in [5.41, 5.74) is 0.790. The molecule has 0 radical (unpaired) electrons. The average molecular weight is 245 g/mol. The maximum absolute atomic E-state index is 8.98. The summed E-state index contributed by atoms with van der Waals surface area (Å²) >= 11 is 0. The highest BCUT2D eigenvalue weighted by Gasteiger charge is 2.28. The molecule has 0 spiro atoms. The molecule has 5 nitrogen and oxygen atoms in total. The molecule has 1 N–H and O–H groups in total. The summed E-state index contributed by atoms with van der Waals surface area (Å²) in [5, 5.41) is 12.3. The molecule has 1 saturated heterocycles. The molecule has 0 amide bonds. The molecular weight excluding hydrogens is 226 g/mol. The molecule has 0 saturated carbocycles. The van der Waals surface area contributed by atoms with Crippen LogP contribution < -0.4 is 5.32 Å². The summed E-state index contributed by atoms with van der Waals surface area (Å²) in [7, 11) is 2.16. The van der Waals surface area contributed by atoms with Gasteiger partial charge in [0.05, 0.1) is 6.20 Å². The second-order valence-electron chi connectivity index (χ2n) is 5.36. The van der Waals surface area contributed by atoms with Crippen molar-refractivity contribution in [3.8, 4) is 6.07 Å². The summed E-state index contributed by atoms with van der Waals surface area (Å²) in [6, 6.07) is 2.11. The van der Waals surface area contributed by atoms with E-state index in [0.717, 1.165) is 19.6 Å². The van der Waals surface area contributed by atoms with Gasteiger partial charge in [-0.3, -0.25) is 0 Å². The fraction of sp³-hybridized carbons (Fsp3) is 0.615. The molecular formula is C13H19N5. The van der Waals surface area contributed by atoms with Crippen molar-refractivity contribution in [2.24, 2.45) is 5.41 Å². The van der Waals surface area contributed by atoms with E-state index in [2.05, 4.69) is 40.2 Å². The highest BCUT2D eigenvalue weighted by Crippen LogP contribution is 2.30. The molecule has 0 aromatic carbocycles. The lowest BCUT2D eigenvalue weighted by atomic mass is 9.80. The zero-order valence-corrected chi connectivity index (χ0v) is 11.0. The fourth-order valence-corrected chi connectivity index (χ4v) is 2.18. The molecule has 1 aromatic rings. The number of nitrogens with one attached hydrogen (secondary N) is 1. The van der Waals surface area contributed by atoms with Crippen molar-refractivity contribution < 1.29 is 0 Å². The molecule has 5 heteroatoms. The van der Waals surface area contributed by atoms with Gasteiger partial charge in [0.15, 0.2) is 0 Å². The van der Waals surface area contributed by atoms with E-state index in [0.29, 0.717) is 11.4 Å². The Morgan fingerprint density at radius 3 is 2.89 bits per heavy atom. The Morgan fingerprint density at radius 2 is 2.22 bits per heavy atom. The number of rotatable bonds is 3. The highest BCUT2D eigenvalue weighted by molar-refractivity contribution is 5.49. The van der Waals surface area contributed by atoms with Crippen molar-refractivity contribution in [2.75, 3.05) is 32.0 Å². The Hall–Kier alpha value is -1.67. The monoisotopic (exact) mass is 245 g/mol. The van der Waals surface area contributed by atoms with Gasteiger partial charge < -0.3 is 10.2 Å². The standard InChI is InChI=1S/C13H19N5/c1-13(3-5-18(2)6-4-13)9-16-12-11(7-14)8-15-10-17-12/h8,10H,3-6,9H2,1-2H3,(H,15,16,17). The molecule has 96 valence electrons. The quantitative estimate of drug-likeness (QED) is 0.874. The highest BCUT2D eigenvalue weighted by atomic mass is 15.1. The first-order valence-electron chi connectivity index (χ1n) is 6.25. The van der Waals surface area contributed by atoms with Crippen molar-refractivity contribution in [3.63, 3.8) is 0 Å². The lowest BCUT2D eigenvalue weighted by Crippen LogP contribution is -2.40. The van der Waals surface area contributed by atoms with Gasteiger partial charge in [-0.25, -0.2) is 9.97 Å². The van der Waals surface area contributed by atoms with Crippen LogP contribution in [0.2, 0.25) is 0 Å². The van der Waals surface area contributed by atoms with Crippen LogP contribution in [0.4, 0.5) is 5.82 Å². The number of aromatic nitrogens is 2. The van der Waals surface area contributed by atoms with Crippen LogP contribution in [0.15, 0.2) is 12.5 Å². The minimum atomic E-state index is 0.282. The number of nitriles is 1. The Bertz CT molecular complexity index is 443. The molecule has 1 fully saturated rings. The van der Waals surface area contributed by atoms with E-state index in [4.69, 9.17) is 5.26 Å². The molecule has 1 aliphatic rings. The lowest BCUT2D eigenvalue weighted by Gasteiger charge is -2.38. The normalized spacial score (nSPS) is 19.2. The van der Waals surface area contributed by atoms with Gasteiger partial charge in [0.1, 0.15) is 23.8 Å². The van der Waals surface area contributed by atoms with E-state index in [1.54, 1.807) is 6.20 Å². The van der Waals surface area contributed by atoms with Crippen LogP contribution in [-0.4, -0.2) is 41.5 Å². The molecule has 1 aliphatic heterocycles. The minimum Gasteiger partial charge on any atom is -0.368 e. The fourth-order valence-electron chi connectivity index (χ4n) is 2.18. The Labute approximate surface area is 108 Å². The summed E-state index contributed by atoms with van der Waals surface area (Å²) in [4.78, 5) is 10.3. The topological polar surface area (TPSA) is 64.8 Å². The van der Waals surface area contributed by atoms with Crippen LogP contribution in [0.25, 0.3) is 0 Å². The van der Waals surface area contributed by atoms with Crippen molar-refractivity contribution >= 4 is 5.82 Å². The van der Waals surface area contributed by atoms with Gasteiger partial charge in [0.25, 0.3) is 0 Å². The van der Waals surface area contributed by atoms with Gasteiger partial charge in [-0.2, -0.15) is 5.26 Å². The molecule has 0 atom stereocenters. The van der Waals surface area contributed by atoms with E-state index in [1.807, 2.05) is 0 Å². The number of likely N-dealkylation sites (tertiary alicyclic amines) is 1. The van der Waals surface area contributed by atoms with E-state index in [-0.39, 0.29) is 5.41 Å². The van der Waals surface area contributed by atoms with E-state index >= 15 is 0 Å². The van der Waals surface area contributed by atoms with E-state index in [1.165, 1.54) is 19.2 Å². The maximum Gasteiger partial charge on any atom is 0.147 e. The Balaban J connectivity index is 1.97. The van der Waals surface area contributed by atoms with Crippen LogP contribution in [0.5, 0.6) is 0 Å². The molecule has 2 heterocycles. The van der Waals surface area contributed by atoms with Crippen LogP contribution in [0, 0.1) is 16.7 Å². The second-order valence-corrected chi connectivity index (χ2v) is 5.36. The van der Waals surface area contributed by atoms with Crippen molar-refractivity contribution in [1.82, 2.24) is 14.9 Å². The molecule has 1 aromatic heterocycles. The molecule has 18 heavy (non-hydrogen) atoms. The van der Waals surface area contributed by atoms with Crippen molar-refractivity contribution in [1.29, 1.82) is 5.26 Å². The number of hydrogen-bond acceptors (Lipinski definition) is 5. The van der Waals surface area contributed by atoms with E-state index in [9.17, 15) is 0 Å². The maximum atomic E-state index is 8.98. The smallest absolute Gasteiger partial charge is 0.147 e. The van der Waals surface area contributed by atoms with E-state index < -0.39 is 0 Å². The number of piperidine rings is 1. The van der Waals surface area contributed by atoms with Gasteiger partial charge in [-0.1, -0.05) is 6.92 Å². The third-order valence-corrected chi connectivity index (χ3v) is 3.71. The third-order valence-electron chi connectivity index (χ3n) is 3.71. The Morgan fingerprint density at radius 1 is 1.50 bits per heavy atom.